The number of hydrogen-bond donors (Lipinski definition) is 0. The third-order valence-electron chi connectivity index (χ3n) is 4.45. The van der Waals surface area contributed by atoms with E-state index in [1.54, 1.807) is 0 Å². The number of ether oxygens (including phenoxy) is 1. The zero-order valence-electron chi connectivity index (χ0n) is 14.1. The lowest BCUT2D eigenvalue weighted by Gasteiger charge is -2.13. The average Bonchev–Trinajstić information content (AvgIpc) is 2.53. The van der Waals surface area contributed by atoms with Gasteiger partial charge < -0.3 is 4.74 Å². The van der Waals surface area contributed by atoms with Crippen molar-refractivity contribution in [2.75, 3.05) is 7.11 Å². The van der Waals surface area contributed by atoms with E-state index < -0.39 is 5.92 Å². The van der Waals surface area contributed by atoms with Crippen LogP contribution in [0.1, 0.15) is 83.5 Å². The Hall–Kier alpha value is -1.12. The topological polar surface area (TPSA) is 43.4 Å². The molecule has 22 heavy (non-hydrogen) atoms. The molecule has 1 unspecified atom stereocenters. The number of allylic oxidation sites excluding steroid dienone is 2. The lowest BCUT2D eigenvalue weighted by Crippen LogP contribution is -2.25. The van der Waals surface area contributed by atoms with Crippen molar-refractivity contribution in [3.8, 4) is 0 Å². The molecule has 0 spiro atoms. The Kier molecular flexibility index (Phi) is 10.7. The Balaban J connectivity index is 2.47. The predicted octanol–water partition coefficient (Wildman–Crippen LogP) is 4.99. The third kappa shape index (κ3) is 8.35. The second kappa shape index (κ2) is 12.4. The molecule has 0 radical (unpaired) electrons. The first-order valence-corrected chi connectivity index (χ1v) is 9.01. The van der Waals surface area contributed by atoms with Gasteiger partial charge in [-0.3, -0.25) is 9.59 Å². The molecular weight excluding hydrogens is 276 g/mol. The van der Waals surface area contributed by atoms with Crippen LogP contribution >= 0.6 is 0 Å². The summed E-state index contributed by atoms with van der Waals surface area (Å²) in [4.78, 5) is 24.1. The van der Waals surface area contributed by atoms with E-state index in [1.165, 1.54) is 45.6 Å². The number of Topliss-reactive ketones (excluding diaryl/α,β-unsaturated/α-hetero) is 1. The monoisotopic (exact) mass is 308 g/mol. The van der Waals surface area contributed by atoms with Gasteiger partial charge in [0.2, 0.25) is 0 Å². The standard InChI is InChI=1S/C19H32O3/c1-22-19(21)17-15-13-11-9-7-5-3-2-4-6-8-10-12-14-16-18(17)20/h2-3,17H,4-16H2,1H3/b3-2-. The maximum atomic E-state index is 12.3. The van der Waals surface area contributed by atoms with Crippen LogP contribution < -0.4 is 0 Å². The van der Waals surface area contributed by atoms with Crippen molar-refractivity contribution in [3.63, 3.8) is 0 Å². The Bertz CT molecular complexity index is 347. The van der Waals surface area contributed by atoms with Crippen LogP contribution in [0, 0.1) is 5.92 Å². The highest BCUT2D eigenvalue weighted by molar-refractivity contribution is 5.98. The second-order valence-corrected chi connectivity index (χ2v) is 6.31. The highest BCUT2D eigenvalue weighted by Gasteiger charge is 2.26. The van der Waals surface area contributed by atoms with E-state index in [2.05, 4.69) is 12.2 Å². The fraction of sp³-hybridized carbons (Fsp3) is 0.789. The van der Waals surface area contributed by atoms with Gasteiger partial charge >= 0.3 is 5.97 Å². The van der Waals surface area contributed by atoms with Crippen molar-refractivity contribution in [1.82, 2.24) is 0 Å². The number of esters is 1. The smallest absolute Gasteiger partial charge is 0.316 e. The molecule has 0 aromatic heterocycles. The van der Waals surface area contributed by atoms with Crippen LogP contribution in [0.5, 0.6) is 0 Å². The van der Waals surface area contributed by atoms with E-state index in [0.29, 0.717) is 12.8 Å². The lowest BCUT2D eigenvalue weighted by molar-refractivity contribution is -0.149. The van der Waals surface area contributed by atoms with Gasteiger partial charge in [0.15, 0.2) is 0 Å². The number of hydrogen-bond acceptors (Lipinski definition) is 3. The molecule has 1 aliphatic carbocycles. The van der Waals surface area contributed by atoms with Crippen molar-refractivity contribution in [2.24, 2.45) is 5.92 Å². The van der Waals surface area contributed by atoms with Gasteiger partial charge in [-0.2, -0.15) is 0 Å². The molecule has 0 amide bonds. The van der Waals surface area contributed by atoms with Gasteiger partial charge in [0.05, 0.1) is 7.11 Å². The van der Waals surface area contributed by atoms with E-state index in [4.69, 9.17) is 4.74 Å². The molecule has 0 saturated carbocycles. The minimum atomic E-state index is -0.527. The molecule has 0 bridgehead atoms. The van der Waals surface area contributed by atoms with Gasteiger partial charge in [-0.15, -0.1) is 0 Å². The first kappa shape index (κ1) is 18.9. The summed E-state index contributed by atoms with van der Waals surface area (Å²) in [5.74, 6) is -0.788. The Morgan fingerprint density at radius 3 is 2.09 bits per heavy atom. The van der Waals surface area contributed by atoms with Crippen LogP contribution in [0.3, 0.4) is 0 Å². The van der Waals surface area contributed by atoms with Crippen molar-refractivity contribution in [2.45, 2.75) is 83.5 Å². The molecule has 1 atom stereocenters. The van der Waals surface area contributed by atoms with Crippen molar-refractivity contribution in [1.29, 1.82) is 0 Å². The zero-order valence-corrected chi connectivity index (χ0v) is 14.1. The SMILES string of the molecule is COC(=O)C1CCCCCC/C=C\CCCCCCCC1=O. The van der Waals surface area contributed by atoms with Crippen LogP contribution in [0.4, 0.5) is 0 Å². The summed E-state index contributed by atoms with van der Waals surface area (Å²) in [5.41, 5.74) is 0. The molecule has 1 aliphatic rings. The number of carbonyl (C=O) groups is 2. The second-order valence-electron chi connectivity index (χ2n) is 6.31. The number of ketones is 1. The van der Waals surface area contributed by atoms with E-state index in [-0.39, 0.29) is 11.8 Å². The van der Waals surface area contributed by atoms with Crippen LogP contribution in [0.2, 0.25) is 0 Å². The largest absolute Gasteiger partial charge is 0.468 e. The van der Waals surface area contributed by atoms with Crippen LogP contribution in [0.25, 0.3) is 0 Å². The van der Waals surface area contributed by atoms with Crippen LogP contribution in [0.15, 0.2) is 12.2 Å². The summed E-state index contributed by atoms with van der Waals surface area (Å²) < 4.78 is 4.81. The molecule has 126 valence electrons. The zero-order chi connectivity index (χ0) is 16.0. The van der Waals surface area contributed by atoms with Crippen LogP contribution in [-0.2, 0) is 14.3 Å². The molecule has 3 heteroatoms. The lowest BCUT2D eigenvalue weighted by atomic mass is 9.93. The average molecular weight is 308 g/mol. The molecule has 1 rings (SSSR count). The molecule has 0 N–H and O–H groups in total. The molecule has 3 nitrogen and oxygen atoms in total. The maximum absolute atomic E-state index is 12.3. The Morgan fingerprint density at radius 1 is 0.909 bits per heavy atom. The summed E-state index contributed by atoms with van der Waals surface area (Å²) in [7, 11) is 1.38. The normalized spacial score (nSPS) is 25.1. The molecule has 0 aliphatic heterocycles. The summed E-state index contributed by atoms with van der Waals surface area (Å²) in [6.45, 7) is 0. The minimum Gasteiger partial charge on any atom is -0.468 e. The Labute approximate surface area is 135 Å². The summed E-state index contributed by atoms with van der Waals surface area (Å²) in [5, 5.41) is 0. The first-order valence-electron chi connectivity index (χ1n) is 9.01. The van der Waals surface area contributed by atoms with E-state index in [9.17, 15) is 9.59 Å². The highest BCUT2D eigenvalue weighted by atomic mass is 16.5. The number of carbonyl (C=O) groups excluding carboxylic acids is 2. The van der Waals surface area contributed by atoms with Crippen LogP contribution in [-0.4, -0.2) is 18.9 Å². The first-order chi connectivity index (χ1) is 10.8. The number of methoxy groups -OCH3 is 1. The Morgan fingerprint density at radius 2 is 1.45 bits per heavy atom. The fourth-order valence-corrected chi connectivity index (χ4v) is 3.02. The van der Waals surface area contributed by atoms with Gasteiger partial charge in [0.1, 0.15) is 11.7 Å². The molecule has 0 heterocycles. The minimum absolute atomic E-state index is 0.0813. The van der Waals surface area contributed by atoms with Gasteiger partial charge in [0, 0.05) is 6.42 Å². The molecule has 0 aromatic carbocycles. The van der Waals surface area contributed by atoms with Crippen molar-refractivity contribution < 1.29 is 14.3 Å². The molecule has 0 aromatic rings. The van der Waals surface area contributed by atoms with Gasteiger partial charge in [0.25, 0.3) is 0 Å². The van der Waals surface area contributed by atoms with E-state index >= 15 is 0 Å². The maximum Gasteiger partial charge on any atom is 0.316 e. The summed E-state index contributed by atoms with van der Waals surface area (Å²) >= 11 is 0. The summed E-state index contributed by atoms with van der Waals surface area (Å²) in [6.07, 6.45) is 18.2. The van der Waals surface area contributed by atoms with Gasteiger partial charge in [-0.05, 0) is 38.5 Å². The summed E-state index contributed by atoms with van der Waals surface area (Å²) in [6, 6.07) is 0. The van der Waals surface area contributed by atoms with E-state index in [1.807, 2.05) is 0 Å². The van der Waals surface area contributed by atoms with Gasteiger partial charge in [-0.1, -0.05) is 50.7 Å². The van der Waals surface area contributed by atoms with E-state index in [0.717, 1.165) is 32.1 Å². The predicted molar refractivity (Wildman–Crippen MR) is 89.7 cm³/mol. The third-order valence-corrected chi connectivity index (χ3v) is 4.45. The highest BCUT2D eigenvalue weighted by Crippen LogP contribution is 2.18. The molecule has 0 saturated heterocycles. The molecule has 0 fully saturated rings. The molecular formula is C19H32O3. The number of rotatable bonds is 1. The fourth-order valence-electron chi connectivity index (χ4n) is 3.02. The van der Waals surface area contributed by atoms with Crippen molar-refractivity contribution in [3.05, 3.63) is 12.2 Å². The van der Waals surface area contributed by atoms with Gasteiger partial charge in [-0.25, -0.2) is 0 Å². The van der Waals surface area contributed by atoms with Crippen molar-refractivity contribution >= 4 is 11.8 Å². The quantitative estimate of drug-likeness (QED) is 0.389.